The molecule has 0 atom stereocenters. The second-order valence-electron chi connectivity index (χ2n) is 0.717. The molecule has 0 saturated heterocycles. The number of hydrogen-bond acceptors (Lipinski definition) is 4. The molecule has 0 rings (SSSR count). The van der Waals surface area contributed by atoms with E-state index in [1.165, 1.54) is 11.6 Å². The molecule has 2 N–H and O–H groups in total. The lowest BCUT2D eigenvalue weighted by molar-refractivity contribution is -0.0330. The zero-order chi connectivity index (χ0) is 4.99. The van der Waals surface area contributed by atoms with Crippen molar-refractivity contribution < 1.29 is 4.84 Å². The van der Waals surface area contributed by atoms with Gasteiger partial charge in [-0.1, -0.05) is 12.8 Å². The topological polar surface area (TPSA) is 38.5 Å². The highest BCUT2D eigenvalue weighted by atomic mass is 127. The molecule has 0 heterocycles. The Bertz CT molecular complexity index is 34.9. The van der Waals surface area contributed by atoms with Crippen molar-refractivity contribution in [2.75, 3.05) is 13.8 Å². The monoisotopic (exact) mass is 236 g/mol. The first-order valence-electron chi connectivity index (χ1n) is 1.52. The minimum absolute atomic E-state index is 0. The quantitative estimate of drug-likeness (QED) is 0.312. The third-order valence-electron chi connectivity index (χ3n) is 0.367. The summed E-state index contributed by atoms with van der Waals surface area (Å²) in [4.78, 5) is 4.47. The van der Waals surface area contributed by atoms with E-state index < -0.39 is 0 Å². The number of nitrogens with two attached hydrogens (primary N) is 1. The van der Waals surface area contributed by atoms with Gasteiger partial charge in [-0.2, -0.15) is 0 Å². The molecule has 0 aromatic rings. The van der Waals surface area contributed by atoms with Crippen LogP contribution < -0.4 is 5.73 Å². The number of rotatable bonds is 2. The third-order valence-corrected chi connectivity index (χ3v) is 0.694. The van der Waals surface area contributed by atoms with Gasteiger partial charge in [0.1, 0.15) is 0 Å². The Morgan fingerprint density at radius 2 is 2.29 bits per heavy atom. The van der Waals surface area contributed by atoms with Crippen LogP contribution in [0.1, 0.15) is 0 Å². The maximum absolute atomic E-state index is 5.01. The predicted molar refractivity (Wildman–Crippen MR) is 42.3 cm³/mol. The SMILES string of the molecule is CON(S)CN.I. The van der Waals surface area contributed by atoms with Gasteiger partial charge in [-0.3, -0.25) is 4.84 Å². The molecule has 0 radical (unpaired) electrons. The number of thiol groups is 1. The molecular formula is C2H9IN2OS. The maximum Gasteiger partial charge on any atom is 0.0821 e. The Labute approximate surface area is 65.7 Å². The van der Waals surface area contributed by atoms with Gasteiger partial charge in [0, 0.05) is 0 Å². The number of hydroxylamine groups is 1. The minimum atomic E-state index is 0. The van der Waals surface area contributed by atoms with Gasteiger partial charge in [0.15, 0.2) is 0 Å². The van der Waals surface area contributed by atoms with Crippen LogP contribution in [0, 0.1) is 0 Å². The second kappa shape index (κ2) is 6.96. The maximum atomic E-state index is 5.01. The van der Waals surface area contributed by atoms with Crippen molar-refractivity contribution >= 4 is 36.8 Å². The molecule has 0 aromatic heterocycles. The number of hydrogen-bond donors (Lipinski definition) is 2. The molecule has 0 aliphatic heterocycles. The van der Waals surface area contributed by atoms with E-state index in [1.807, 2.05) is 0 Å². The molecule has 0 unspecified atom stereocenters. The van der Waals surface area contributed by atoms with Crippen LogP contribution >= 0.6 is 36.8 Å². The van der Waals surface area contributed by atoms with Crippen molar-refractivity contribution in [2.45, 2.75) is 0 Å². The van der Waals surface area contributed by atoms with Crippen LogP contribution in [0.2, 0.25) is 0 Å². The van der Waals surface area contributed by atoms with E-state index >= 15 is 0 Å². The Kier molecular flexibility index (Phi) is 10.8. The summed E-state index contributed by atoms with van der Waals surface area (Å²) in [6.07, 6.45) is 0. The highest BCUT2D eigenvalue weighted by Crippen LogP contribution is 1.83. The van der Waals surface area contributed by atoms with Crippen LogP contribution in [0.4, 0.5) is 0 Å². The molecule has 0 amide bonds. The third kappa shape index (κ3) is 6.96. The summed E-state index contributed by atoms with van der Waals surface area (Å²) in [6.45, 7) is 0.305. The minimum Gasteiger partial charge on any atom is -0.316 e. The fraction of sp³-hybridized carbons (Fsp3) is 1.00. The van der Waals surface area contributed by atoms with Crippen molar-refractivity contribution in [3.63, 3.8) is 0 Å². The molecular weight excluding hydrogens is 227 g/mol. The molecule has 0 aliphatic carbocycles. The standard InChI is InChI=1S/C2H8N2OS.HI/c1-5-4(6)2-3;/h6H,2-3H2,1H3;1H. The molecule has 0 saturated carbocycles. The fourth-order valence-electron chi connectivity index (χ4n) is 0.0745. The Morgan fingerprint density at radius 1 is 1.86 bits per heavy atom. The first-order valence-corrected chi connectivity index (χ1v) is 1.92. The summed E-state index contributed by atoms with van der Waals surface area (Å²) in [5.74, 6) is 0. The Morgan fingerprint density at radius 3 is 2.29 bits per heavy atom. The summed E-state index contributed by atoms with van der Waals surface area (Å²) in [5, 5.41) is 0. The number of nitrogens with zero attached hydrogens (tertiary/aromatic N) is 1. The summed E-state index contributed by atoms with van der Waals surface area (Å²) >= 11 is 3.72. The van der Waals surface area contributed by atoms with Crippen LogP contribution in [0.5, 0.6) is 0 Å². The van der Waals surface area contributed by atoms with E-state index in [-0.39, 0.29) is 24.0 Å². The van der Waals surface area contributed by atoms with Gasteiger partial charge in [0.05, 0.1) is 13.8 Å². The highest BCUT2D eigenvalue weighted by Gasteiger charge is 1.83. The lowest BCUT2D eigenvalue weighted by Gasteiger charge is -2.05. The summed E-state index contributed by atoms with van der Waals surface area (Å²) in [6, 6.07) is 0. The molecule has 0 aromatic carbocycles. The van der Waals surface area contributed by atoms with Gasteiger partial charge in [0.2, 0.25) is 0 Å². The lowest BCUT2D eigenvalue weighted by Crippen LogP contribution is -2.18. The van der Waals surface area contributed by atoms with Crippen LogP contribution in [-0.2, 0) is 4.84 Å². The van der Waals surface area contributed by atoms with Crippen LogP contribution in [-0.4, -0.2) is 18.2 Å². The van der Waals surface area contributed by atoms with Crippen molar-refractivity contribution in [2.24, 2.45) is 5.73 Å². The van der Waals surface area contributed by atoms with E-state index in [0.29, 0.717) is 6.67 Å². The molecule has 0 fully saturated rings. The van der Waals surface area contributed by atoms with E-state index in [0.717, 1.165) is 0 Å². The van der Waals surface area contributed by atoms with Gasteiger partial charge >= 0.3 is 0 Å². The molecule has 3 nitrogen and oxygen atoms in total. The van der Waals surface area contributed by atoms with Crippen molar-refractivity contribution in [1.29, 1.82) is 0 Å². The van der Waals surface area contributed by atoms with Crippen molar-refractivity contribution in [3.05, 3.63) is 0 Å². The smallest absolute Gasteiger partial charge is 0.0821 e. The summed E-state index contributed by atoms with van der Waals surface area (Å²) in [5.41, 5.74) is 5.01. The Balaban J connectivity index is 0. The predicted octanol–water partition coefficient (Wildman–Crippen LogP) is 0.229. The van der Waals surface area contributed by atoms with Crippen LogP contribution in [0.3, 0.4) is 0 Å². The normalized spacial score (nSPS) is 8.57. The van der Waals surface area contributed by atoms with Gasteiger partial charge in [-0.25, -0.2) is 0 Å². The average molecular weight is 236 g/mol. The van der Waals surface area contributed by atoms with Crippen LogP contribution in [0.15, 0.2) is 0 Å². The van der Waals surface area contributed by atoms with Crippen molar-refractivity contribution in [3.8, 4) is 0 Å². The molecule has 5 heteroatoms. The first kappa shape index (κ1) is 10.9. The molecule has 0 spiro atoms. The van der Waals surface area contributed by atoms with E-state index in [2.05, 4.69) is 17.7 Å². The fourth-order valence-corrected chi connectivity index (χ4v) is 0.0745. The molecule has 0 bridgehead atoms. The van der Waals surface area contributed by atoms with E-state index in [1.54, 1.807) is 0 Å². The largest absolute Gasteiger partial charge is 0.316 e. The van der Waals surface area contributed by atoms with Gasteiger partial charge in [-0.05, 0) is 0 Å². The van der Waals surface area contributed by atoms with Gasteiger partial charge < -0.3 is 5.73 Å². The van der Waals surface area contributed by atoms with Crippen molar-refractivity contribution in [1.82, 2.24) is 4.47 Å². The zero-order valence-electron chi connectivity index (χ0n) is 4.00. The average Bonchev–Trinajstić information content (AvgIpc) is 1.65. The van der Waals surface area contributed by atoms with E-state index in [4.69, 9.17) is 5.73 Å². The van der Waals surface area contributed by atoms with Gasteiger partial charge in [0.25, 0.3) is 0 Å². The van der Waals surface area contributed by atoms with Gasteiger partial charge in [-0.15, -0.1) is 28.4 Å². The summed E-state index contributed by atoms with van der Waals surface area (Å²) in [7, 11) is 1.50. The summed E-state index contributed by atoms with van der Waals surface area (Å²) < 4.78 is 1.22. The first-order chi connectivity index (χ1) is 2.81. The molecule has 7 heavy (non-hydrogen) atoms. The van der Waals surface area contributed by atoms with Crippen LogP contribution in [0.25, 0.3) is 0 Å². The molecule has 46 valence electrons. The van der Waals surface area contributed by atoms with E-state index in [9.17, 15) is 0 Å². The molecule has 0 aliphatic rings. The number of halogens is 1. The second-order valence-corrected chi connectivity index (χ2v) is 1.16. The highest BCUT2D eigenvalue weighted by molar-refractivity contribution is 14.0. The zero-order valence-corrected chi connectivity index (χ0v) is 7.22. The lowest BCUT2D eigenvalue weighted by atomic mass is 11.2. The Hall–Kier alpha value is 0.960.